The Labute approximate surface area is 118 Å². The number of aromatic nitrogens is 2. The second kappa shape index (κ2) is 5.79. The summed E-state index contributed by atoms with van der Waals surface area (Å²) >= 11 is 0. The van der Waals surface area contributed by atoms with Gasteiger partial charge in [0.25, 0.3) is 5.56 Å². The van der Waals surface area contributed by atoms with Gasteiger partial charge >= 0.3 is 11.7 Å². The van der Waals surface area contributed by atoms with Crippen molar-refractivity contribution in [1.82, 2.24) is 14.3 Å². The van der Waals surface area contributed by atoms with Gasteiger partial charge in [-0.2, -0.15) is 4.31 Å². The van der Waals surface area contributed by atoms with Gasteiger partial charge in [0.15, 0.2) is 4.90 Å². The molecular weight excluding hydrogens is 306 g/mol. The molecule has 0 radical (unpaired) electrons. The molecule has 2 heterocycles. The molecule has 21 heavy (non-hydrogen) atoms. The van der Waals surface area contributed by atoms with E-state index in [1.165, 1.54) is 0 Å². The number of aliphatic carboxylic acids is 1. The van der Waals surface area contributed by atoms with E-state index < -0.39 is 44.6 Å². The molecule has 1 aliphatic rings. The van der Waals surface area contributed by atoms with Crippen LogP contribution in [0.3, 0.4) is 0 Å². The number of nitrogens with zero attached hydrogens (tertiary/aromatic N) is 1. The lowest BCUT2D eigenvalue weighted by molar-refractivity contribution is -0.139. The molecule has 1 atom stereocenters. The first-order valence-corrected chi connectivity index (χ1v) is 7.40. The quantitative estimate of drug-likeness (QED) is 0.576. The SMILES string of the molecule is O=C(O)CC1COCCN1S(=O)(=O)c1c[nH]c(=O)[nH]c1=O. The molecule has 2 rings (SSSR count). The fourth-order valence-corrected chi connectivity index (χ4v) is 3.62. The maximum Gasteiger partial charge on any atom is 0.325 e. The molecule has 1 unspecified atom stereocenters. The van der Waals surface area contributed by atoms with Crippen molar-refractivity contribution in [3.8, 4) is 0 Å². The van der Waals surface area contributed by atoms with Crippen LogP contribution in [0, 0.1) is 0 Å². The van der Waals surface area contributed by atoms with Crippen LogP contribution < -0.4 is 11.2 Å². The maximum absolute atomic E-state index is 12.4. The number of ether oxygens (including phenoxy) is 1. The number of aromatic amines is 2. The van der Waals surface area contributed by atoms with E-state index in [0.717, 1.165) is 10.5 Å². The second-order valence-electron chi connectivity index (χ2n) is 4.38. The zero-order valence-corrected chi connectivity index (χ0v) is 11.6. The van der Waals surface area contributed by atoms with Gasteiger partial charge in [-0.3, -0.25) is 14.6 Å². The molecule has 0 aromatic carbocycles. The standard InChI is InChI=1S/C10H13N3O7S/c14-8(15)3-6-5-20-2-1-13(6)21(18,19)7-4-11-10(17)12-9(7)16/h4,6H,1-3,5H2,(H,14,15)(H2,11,12,16,17). The summed E-state index contributed by atoms with van der Waals surface area (Å²) in [7, 11) is -4.23. The Kier molecular flexibility index (Phi) is 4.25. The lowest BCUT2D eigenvalue weighted by Crippen LogP contribution is -2.50. The smallest absolute Gasteiger partial charge is 0.325 e. The molecule has 1 fully saturated rings. The lowest BCUT2D eigenvalue weighted by Gasteiger charge is -2.33. The average Bonchev–Trinajstić information content (AvgIpc) is 2.37. The minimum atomic E-state index is -4.23. The largest absolute Gasteiger partial charge is 0.481 e. The topological polar surface area (TPSA) is 150 Å². The highest BCUT2D eigenvalue weighted by molar-refractivity contribution is 7.89. The monoisotopic (exact) mass is 319 g/mol. The number of rotatable bonds is 4. The molecule has 1 aromatic heterocycles. The molecule has 10 nitrogen and oxygen atoms in total. The van der Waals surface area contributed by atoms with Crippen molar-refractivity contribution in [3.63, 3.8) is 0 Å². The van der Waals surface area contributed by atoms with Crippen molar-refractivity contribution in [2.75, 3.05) is 19.8 Å². The molecule has 3 N–H and O–H groups in total. The van der Waals surface area contributed by atoms with Crippen LogP contribution in [-0.2, 0) is 19.6 Å². The van der Waals surface area contributed by atoms with Gasteiger partial charge in [0.05, 0.1) is 25.7 Å². The van der Waals surface area contributed by atoms with Gasteiger partial charge in [-0.05, 0) is 0 Å². The first-order valence-electron chi connectivity index (χ1n) is 5.96. The van der Waals surface area contributed by atoms with Gasteiger partial charge in [-0.15, -0.1) is 0 Å². The number of carboxylic acid groups (broad SMARTS) is 1. The van der Waals surface area contributed by atoms with Crippen LogP contribution in [0.2, 0.25) is 0 Å². The van der Waals surface area contributed by atoms with Gasteiger partial charge in [-0.1, -0.05) is 0 Å². The van der Waals surface area contributed by atoms with E-state index in [2.05, 4.69) is 4.98 Å². The molecule has 0 spiro atoms. The molecule has 116 valence electrons. The van der Waals surface area contributed by atoms with Crippen molar-refractivity contribution in [2.45, 2.75) is 17.4 Å². The fourth-order valence-electron chi connectivity index (χ4n) is 2.03. The molecule has 0 saturated carbocycles. The number of H-pyrrole nitrogens is 2. The summed E-state index contributed by atoms with van der Waals surface area (Å²) in [6.07, 6.45) is 0.351. The summed E-state index contributed by atoms with van der Waals surface area (Å²) < 4.78 is 30.9. The van der Waals surface area contributed by atoms with E-state index in [0.29, 0.717) is 0 Å². The molecular formula is C10H13N3O7S. The number of carboxylic acids is 1. The van der Waals surface area contributed by atoms with Crippen molar-refractivity contribution >= 4 is 16.0 Å². The predicted molar refractivity (Wildman–Crippen MR) is 68.4 cm³/mol. The Morgan fingerprint density at radius 1 is 1.48 bits per heavy atom. The molecule has 1 saturated heterocycles. The van der Waals surface area contributed by atoms with E-state index in [1.54, 1.807) is 0 Å². The van der Waals surface area contributed by atoms with Crippen molar-refractivity contribution in [3.05, 3.63) is 27.0 Å². The van der Waals surface area contributed by atoms with E-state index in [4.69, 9.17) is 9.84 Å². The van der Waals surface area contributed by atoms with Crippen LogP contribution in [0.4, 0.5) is 0 Å². The summed E-state index contributed by atoms with van der Waals surface area (Å²) in [6.45, 7) is -0.0533. The van der Waals surface area contributed by atoms with Crippen LogP contribution in [-0.4, -0.2) is 59.6 Å². The highest BCUT2D eigenvalue weighted by atomic mass is 32.2. The van der Waals surface area contributed by atoms with Gasteiger partial charge in [-0.25, -0.2) is 13.2 Å². The maximum atomic E-state index is 12.4. The fraction of sp³-hybridized carbons (Fsp3) is 0.500. The van der Waals surface area contributed by atoms with E-state index in [-0.39, 0.29) is 19.8 Å². The van der Waals surface area contributed by atoms with Crippen LogP contribution in [0.25, 0.3) is 0 Å². The minimum Gasteiger partial charge on any atom is -0.481 e. The number of carbonyl (C=O) groups is 1. The summed E-state index contributed by atoms with van der Waals surface area (Å²) in [5, 5.41) is 8.82. The Bertz CT molecular complexity index is 750. The van der Waals surface area contributed by atoms with Crippen molar-refractivity contribution in [2.24, 2.45) is 0 Å². The van der Waals surface area contributed by atoms with Gasteiger partial charge < -0.3 is 14.8 Å². The minimum absolute atomic E-state index is 0.0706. The Hall–Kier alpha value is -1.98. The summed E-state index contributed by atoms with van der Waals surface area (Å²) in [5.41, 5.74) is -1.89. The number of nitrogens with one attached hydrogen (secondary N) is 2. The second-order valence-corrected chi connectivity index (χ2v) is 6.24. The lowest BCUT2D eigenvalue weighted by atomic mass is 10.2. The molecule has 1 aromatic rings. The third-order valence-electron chi connectivity index (χ3n) is 2.96. The van der Waals surface area contributed by atoms with Crippen molar-refractivity contribution < 1.29 is 23.1 Å². The first kappa shape index (κ1) is 15.4. The summed E-state index contributed by atoms with van der Waals surface area (Å²) in [4.78, 5) is 36.6. The zero-order valence-electron chi connectivity index (χ0n) is 10.7. The molecule has 1 aliphatic heterocycles. The third kappa shape index (κ3) is 3.20. The summed E-state index contributed by atoms with van der Waals surface area (Å²) in [6, 6.07) is -0.910. The molecule has 0 aliphatic carbocycles. The van der Waals surface area contributed by atoms with Crippen molar-refractivity contribution in [1.29, 1.82) is 0 Å². The third-order valence-corrected chi connectivity index (χ3v) is 4.91. The zero-order chi connectivity index (χ0) is 15.6. The Balaban J connectivity index is 2.42. The van der Waals surface area contributed by atoms with Gasteiger partial charge in [0.2, 0.25) is 10.0 Å². The molecule has 0 bridgehead atoms. The van der Waals surface area contributed by atoms with E-state index in [1.807, 2.05) is 4.98 Å². The average molecular weight is 319 g/mol. The number of hydrogen-bond donors (Lipinski definition) is 3. The predicted octanol–water partition coefficient (Wildman–Crippen LogP) is -2.07. The Morgan fingerprint density at radius 3 is 2.81 bits per heavy atom. The normalized spacial score (nSPS) is 20.3. The van der Waals surface area contributed by atoms with Gasteiger partial charge in [0.1, 0.15) is 0 Å². The number of sulfonamides is 1. The van der Waals surface area contributed by atoms with Crippen LogP contribution in [0.15, 0.2) is 20.7 Å². The number of morpholine rings is 1. The van der Waals surface area contributed by atoms with Crippen LogP contribution in [0.1, 0.15) is 6.42 Å². The van der Waals surface area contributed by atoms with Crippen LogP contribution in [0.5, 0.6) is 0 Å². The molecule has 11 heteroatoms. The molecule has 0 amide bonds. The first-order chi connectivity index (χ1) is 9.82. The van der Waals surface area contributed by atoms with Gasteiger partial charge in [0, 0.05) is 12.7 Å². The Morgan fingerprint density at radius 2 is 2.19 bits per heavy atom. The summed E-state index contributed by atoms with van der Waals surface area (Å²) in [5.74, 6) is -1.18. The van der Waals surface area contributed by atoms with E-state index in [9.17, 15) is 22.8 Å². The highest BCUT2D eigenvalue weighted by Gasteiger charge is 2.36. The highest BCUT2D eigenvalue weighted by Crippen LogP contribution is 2.19. The number of hydrogen-bond acceptors (Lipinski definition) is 6. The van der Waals surface area contributed by atoms with Crippen LogP contribution >= 0.6 is 0 Å². The van der Waals surface area contributed by atoms with E-state index >= 15 is 0 Å².